The maximum atomic E-state index is 11.9. The van der Waals surface area contributed by atoms with Crippen molar-refractivity contribution in [3.8, 4) is 0 Å². The minimum absolute atomic E-state index is 0.159. The van der Waals surface area contributed by atoms with Gasteiger partial charge in [-0.2, -0.15) is 0 Å². The van der Waals surface area contributed by atoms with Gasteiger partial charge in [0.1, 0.15) is 0 Å². The highest BCUT2D eigenvalue weighted by Gasteiger charge is 2.44. The molecular formula is C26H37NO. The number of aliphatic hydroxyl groups is 1. The molecule has 1 saturated carbocycles. The number of rotatable bonds is 5. The van der Waals surface area contributed by atoms with E-state index in [1.807, 2.05) is 0 Å². The lowest BCUT2D eigenvalue weighted by molar-refractivity contribution is -0.0770. The molecule has 0 radical (unpaired) electrons. The van der Waals surface area contributed by atoms with E-state index in [1.54, 1.807) is 0 Å². The van der Waals surface area contributed by atoms with Crippen LogP contribution >= 0.6 is 0 Å². The third kappa shape index (κ3) is 4.67. The van der Waals surface area contributed by atoms with Crippen molar-refractivity contribution in [1.29, 1.82) is 0 Å². The van der Waals surface area contributed by atoms with Crippen molar-refractivity contribution in [2.45, 2.75) is 69.9 Å². The predicted octanol–water partition coefficient (Wildman–Crippen LogP) is 5.75. The first-order valence-electron chi connectivity index (χ1n) is 10.7. The summed E-state index contributed by atoms with van der Waals surface area (Å²) < 4.78 is 0. The molecule has 2 aromatic carbocycles. The summed E-state index contributed by atoms with van der Waals surface area (Å²) in [5, 5.41) is 11.9. The van der Waals surface area contributed by atoms with E-state index in [0.29, 0.717) is 0 Å². The number of benzene rings is 2. The van der Waals surface area contributed by atoms with E-state index in [-0.39, 0.29) is 17.4 Å². The highest BCUT2D eigenvalue weighted by atomic mass is 16.3. The molecule has 1 aliphatic carbocycles. The highest BCUT2D eigenvalue weighted by molar-refractivity contribution is 5.29. The van der Waals surface area contributed by atoms with Gasteiger partial charge < -0.3 is 10.0 Å². The molecule has 152 valence electrons. The van der Waals surface area contributed by atoms with Gasteiger partial charge in [0.15, 0.2) is 0 Å². The van der Waals surface area contributed by atoms with Crippen LogP contribution in [0, 0.1) is 5.92 Å². The Morgan fingerprint density at radius 2 is 1.64 bits per heavy atom. The molecule has 1 aliphatic rings. The second kappa shape index (κ2) is 8.39. The van der Waals surface area contributed by atoms with E-state index < -0.39 is 5.60 Å². The molecule has 2 aromatic rings. The molecule has 3 atom stereocenters. The van der Waals surface area contributed by atoms with Gasteiger partial charge in [-0.1, -0.05) is 88.2 Å². The number of hydrogen-bond acceptors (Lipinski definition) is 2. The lowest BCUT2D eigenvalue weighted by atomic mass is 9.67. The Morgan fingerprint density at radius 3 is 2.21 bits per heavy atom. The van der Waals surface area contributed by atoms with E-state index in [4.69, 9.17) is 0 Å². The zero-order chi connectivity index (χ0) is 20.4. The molecule has 2 nitrogen and oxygen atoms in total. The summed E-state index contributed by atoms with van der Waals surface area (Å²) in [4.78, 5) is 2.29. The van der Waals surface area contributed by atoms with Crippen LogP contribution in [-0.2, 0) is 11.8 Å². The van der Waals surface area contributed by atoms with Gasteiger partial charge in [-0.25, -0.2) is 0 Å². The van der Waals surface area contributed by atoms with Crippen LogP contribution in [-0.4, -0.2) is 29.7 Å². The Labute approximate surface area is 171 Å². The normalized spacial score (nSPS) is 24.3. The highest BCUT2D eigenvalue weighted by Crippen LogP contribution is 2.45. The van der Waals surface area contributed by atoms with Gasteiger partial charge in [-0.05, 0) is 49.0 Å². The predicted molar refractivity (Wildman–Crippen MR) is 119 cm³/mol. The summed E-state index contributed by atoms with van der Waals surface area (Å²) in [6, 6.07) is 19.8. The third-order valence-corrected chi connectivity index (χ3v) is 6.47. The van der Waals surface area contributed by atoms with Crippen LogP contribution in [0.25, 0.3) is 0 Å². The lowest BCUT2D eigenvalue weighted by Gasteiger charge is -2.46. The summed E-state index contributed by atoms with van der Waals surface area (Å²) in [7, 11) is 4.29. The molecule has 0 bridgehead atoms. The monoisotopic (exact) mass is 379 g/mol. The molecule has 2 heteroatoms. The van der Waals surface area contributed by atoms with E-state index in [9.17, 15) is 5.11 Å². The standard InChI is InChI=1S/C26H37NO/c1-25(2,3)22-16-14-20(15-17-22)19-26(28)18-10-9-13-23(26)24(27(4)5)21-11-7-6-8-12-21/h6-8,11-12,14-17,23-24,28H,9-10,13,18-19H2,1-5H3. The first-order chi connectivity index (χ1) is 13.2. The largest absolute Gasteiger partial charge is 0.389 e. The Kier molecular flexibility index (Phi) is 6.31. The molecule has 0 aliphatic heterocycles. The fourth-order valence-electron chi connectivity index (χ4n) is 4.94. The average Bonchev–Trinajstić information content (AvgIpc) is 2.64. The Morgan fingerprint density at radius 1 is 1.00 bits per heavy atom. The molecule has 0 aromatic heterocycles. The van der Waals surface area contributed by atoms with Crippen molar-refractivity contribution in [3.63, 3.8) is 0 Å². The minimum Gasteiger partial charge on any atom is -0.389 e. The summed E-state index contributed by atoms with van der Waals surface area (Å²) in [6.07, 6.45) is 5.01. The van der Waals surface area contributed by atoms with E-state index in [1.165, 1.54) is 23.1 Å². The Hall–Kier alpha value is -1.64. The van der Waals surface area contributed by atoms with Gasteiger partial charge in [0.05, 0.1) is 5.60 Å². The van der Waals surface area contributed by atoms with Crippen LogP contribution in [0.4, 0.5) is 0 Å². The van der Waals surface area contributed by atoms with E-state index in [0.717, 1.165) is 25.7 Å². The van der Waals surface area contributed by atoms with Gasteiger partial charge in [0.2, 0.25) is 0 Å². The fraction of sp³-hybridized carbons (Fsp3) is 0.538. The summed E-state index contributed by atoms with van der Waals surface area (Å²) in [6.45, 7) is 6.73. The van der Waals surface area contributed by atoms with Crippen LogP contribution in [0.2, 0.25) is 0 Å². The van der Waals surface area contributed by atoms with Crippen LogP contribution in [0.3, 0.4) is 0 Å². The quantitative estimate of drug-likeness (QED) is 0.715. The van der Waals surface area contributed by atoms with Crippen LogP contribution < -0.4 is 0 Å². The molecule has 0 heterocycles. The van der Waals surface area contributed by atoms with Crippen LogP contribution in [0.1, 0.15) is 69.2 Å². The third-order valence-electron chi connectivity index (χ3n) is 6.47. The summed E-state index contributed by atoms with van der Waals surface area (Å²) >= 11 is 0. The van der Waals surface area contributed by atoms with Gasteiger partial charge in [0.25, 0.3) is 0 Å². The van der Waals surface area contributed by atoms with E-state index >= 15 is 0 Å². The van der Waals surface area contributed by atoms with Crippen molar-refractivity contribution in [2.75, 3.05) is 14.1 Å². The fourth-order valence-corrected chi connectivity index (χ4v) is 4.94. The first kappa shape index (κ1) is 21.1. The van der Waals surface area contributed by atoms with Crippen LogP contribution in [0.5, 0.6) is 0 Å². The SMILES string of the molecule is CN(C)C(c1ccccc1)C1CCCCC1(O)Cc1ccc(C(C)(C)C)cc1. The van der Waals surface area contributed by atoms with Gasteiger partial charge >= 0.3 is 0 Å². The molecule has 3 unspecified atom stereocenters. The van der Waals surface area contributed by atoms with Crippen molar-refractivity contribution in [1.82, 2.24) is 4.90 Å². The number of hydrogen-bond donors (Lipinski definition) is 1. The van der Waals surface area contributed by atoms with Crippen molar-refractivity contribution < 1.29 is 5.11 Å². The van der Waals surface area contributed by atoms with Gasteiger partial charge in [-0.15, -0.1) is 0 Å². The molecule has 1 N–H and O–H groups in total. The van der Waals surface area contributed by atoms with Crippen molar-refractivity contribution in [3.05, 3.63) is 71.3 Å². The average molecular weight is 380 g/mol. The maximum Gasteiger partial charge on any atom is 0.0734 e. The van der Waals surface area contributed by atoms with E-state index in [2.05, 4.69) is 94.4 Å². The Bertz CT molecular complexity index is 744. The maximum absolute atomic E-state index is 11.9. The van der Waals surface area contributed by atoms with Gasteiger partial charge in [0, 0.05) is 18.4 Å². The van der Waals surface area contributed by atoms with Crippen LogP contribution in [0.15, 0.2) is 54.6 Å². The number of nitrogens with zero attached hydrogens (tertiary/aromatic N) is 1. The molecule has 0 saturated heterocycles. The van der Waals surface area contributed by atoms with Crippen molar-refractivity contribution in [2.24, 2.45) is 5.92 Å². The summed E-state index contributed by atoms with van der Waals surface area (Å²) in [5.41, 5.74) is 3.39. The smallest absolute Gasteiger partial charge is 0.0734 e. The second-order valence-corrected chi connectivity index (χ2v) is 9.90. The summed E-state index contributed by atoms with van der Waals surface area (Å²) in [5.74, 6) is 0.237. The van der Waals surface area contributed by atoms with Gasteiger partial charge in [-0.3, -0.25) is 0 Å². The molecule has 1 fully saturated rings. The Balaban J connectivity index is 1.88. The second-order valence-electron chi connectivity index (χ2n) is 9.90. The van der Waals surface area contributed by atoms with Crippen molar-refractivity contribution >= 4 is 0 Å². The molecule has 0 spiro atoms. The molecular weight excluding hydrogens is 342 g/mol. The molecule has 3 rings (SSSR count). The molecule has 0 amide bonds. The topological polar surface area (TPSA) is 23.5 Å². The minimum atomic E-state index is -0.660. The molecule has 28 heavy (non-hydrogen) atoms. The lowest BCUT2D eigenvalue weighted by Crippen LogP contribution is -2.48. The first-order valence-corrected chi connectivity index (χ1v) is 10.7. The zero-order valence-electron chi connectivity index (χ0n) is 18.3. The zero-order valence-corrected chi connectivity index (χ0v) is 18.3.